The van der Waals surface area contributed by atoms with E-state index in [1.54, 1.807) is 12.1 Å². The molecule has 0 spiro atoms. The van der Waals surface area contributed by atoms with Crippen molar-refractivity contribution in [1.82, 2.24) is 4.98 Å². The lowest BCUT2D eigenvalue weighted by Gasteiger charge is -2.22. The SMILES string of the molecule is CCc1c(S(=O)(=O)c2ccc(C)cc2)nc2c(c1C)CCCC2. The van der Waals surface area contributed by atoms with Crippen LogP contribution in [0.5, 0.6) is 0 Å². The molecule has 0 N–H and O–H groups in total. The maximum atomic E-state index is 13.1. The molecule has 0 amide bonds. The Balaban J connectivity index is 2.22. The highest BCUT2D eigenvalue weighted by molar-refractivity contribution is 7.91. The largest absolute Gasteiger partial charge is 0.240 e. The van der Waals surface area contributed by atoms with Crippen molar-refractivity contribution in [3.05, 3.63) is 52.2 Å². The summed E-state index contributed by atoms with van der Waals surface area (Å²) >= 11 is 0. The number of sulfone groups is 1. The Bertz CT molecular complexity index is 837. The fourth-order valence-corrected chi connectivity index (χ4v) is 4.99. The maximum absolute atomic E-state index is 13.1. The van der Waals surface area contributed by atoms with Gasteiger partial charge in [0.1, 0.15) is 0 Å². The second kappa shape index (κ2) is 6.08. The zero-order valence-corrected chi connectivity index (χ0v) is 14.8. The predicted molar refractivity (Wildman–Crippen MR) is 91.6 cm³/mol. The molecular weight excluding hydrogens is 306 g/mol. The number of aromatic nitrogens is 1. The molecule has 1 aromatic carbocycles. The van der Waals surface area contributed by atoms with Gasteiger partial charge in [-0.15, -0.1) is 0 Å². The first-order valence-corrected chi connectivity index (χ1v) is 9.76. The Hall–Kier alpha value is -1.68. The van der Waals surface area contributed by atoms with Gasteiger partial charge in [-0.25, -0.2) is 13.4 Å². The number of hydrogen-bond acceptors (Lipinski definition) is 3. The quantitative estimate of drug-likeness (QED) is 0.856. The van der Waals surface area contributed by atoms with Crippen LogP contribution >= 0.6 is 0 Å². The number of benzene rings is 1. The van der Waals surface area contributed by atoms with Gasteiger partial charge in [-0.05, 0) is 74.8 Å². The molecule has 1 aliphatic carbocycles. The Morgan fingerprint density at radius 3 is 2.35 bits per heavy atom. The first kappa shape index (κ1) is 16.2. The molecule has 3 nitrogen and oxygen atoms in total. The van der Waals surface area contributed by atoms with Crippen LogP contribution in [0.1, 0.15) is 47.7 Å². The number of pyridine rings is 1. The minimum absolute atomic E-state index is 0.266. The number of aryl methyl sites for hydroxylation is 2. The van der Waals surface area contributed by atoms with Crippen molar-refractivity contribution < 1.29 is 8.42 Å². The monoisotopic (exact) mass is 329 g/mol. The van der Waals surface area contributed by atoms with E-state index in [1.807, 2.05) is 26.0 Å². The van der Waals surface area contributed by atoms with E-state index >= 15 is 0 Å². The Labute approximate surface area is 138 Å². The average Bonchev–Trinajstić information content (AvgIpc) is 2.55. The van der Waals surface area contributed by atoms with E-state index in [2.05, 4.69) is 11.9 Å². The highest BCUT2D eigenvalue weighted by atomic mass is 32.2. The third-order valence-electron chi connectivity index (χ3n) is 4.78. The third-order valence-corrected chi connectivity index (χ3v) is 6.52. The van der Waals surface area contributed by atoms with Gasteiger partial charge in [0.15, 0.2) is 5.03 Å². The van der Waals surface area contributed by atoms with Crippen molar-refractivity contribution in [3.8, 4) is 0 Å². The summed E-state index contributed by atoms with van der Waals surface area (Å²) in [5.41, 5.74) is 5.32. The molecule has 0 atom stereocenters. The number of fused-ring (bicyclic) bond motifs is 1. The average molecular weight is 329 g/mol. The van der Waals surface area contributed by atoms with Gasteiger partial charge in [0.25, 0.3) is 0 Å². The number of nitrogens with zero attached hydrogens (tertiary/aromatic N) is 1. The normalized spacial score (nSPS) is 14.6. The van der Waals surface area contributed by atoms with E-state index < -0.39 is 9.84 Å². The zero-order chi connectivity index (χ0) is 16.6. The summed E-state index contributed by atoms with van der Waals surface area (Å²) in [5, 5.41) is 0.266. The first-order chi connectivity index (χ1) is 10.9. The van der Waals surface area contributed by atoms with Crippen LogP contribution in [0.3, 0.4) is 0 Å². The van der Waals surface area contributed by atoms with E-state index in [9.17, 15) is 8.42 Å². The topological polar surface area (TPSA) is 47.0 Å². The molecular formula is C19H23NO2S. The molecule has 0 aliphatic heterocycles. The van der Waals surface area contributed by atoms with Crippen molar-refractivity contribution in [2.75, 3.05) is 0 Å². The predicted octanol–water partition coefficient (Wildman–Crippen LogP) is 3.97. The van der Waals surface area contributed by atoms with Crippen molar-refractivity contribution in [1.29, 1.82) is 0 Å². The van der Waals surface area contributed by atoms with E-state index in [0.29, 0.717) is 11.3 Å². The van der Waals surface area contributed by atoms with Crippen LogP contribution in [0.2, 0.25) is 0 Å². The summed E-state index contributed by atoms with van der Waals surface area (Å²) in [4.78, 5) is 4.96. The summed E-state index contributed by atoms with van der Waals surface area (Å²) < 4.78 is 26.2. The van der Waals surface area contributed by atoms with Gasteiger partial charge in [0.05, 0.1) is 4.90 Å². The Morgan fingerprint density at radius 1 is 1.04 bits per heavy atom. The first-order valence-electron chi connectivity index (χ1n) is 8.28. The van der Waals surface area contributed by atoms with Crippen molar-refractivity contribution >= 4 is 9.84 Å². The van der Waals surface area contributed by atoms with Crippen LogP contribution in [0, 0.1) is 13.8 Å². The summed E-state index contributed by atoms with van der Waals surface area (Å²) in [6, 6.07) is 7.04. The van der Waals surface area contributed by atoms with E-state index in [-0.39, 0.29) is 5.03 Å². The van der Waals surface area contributed by atoms with Crippen molar-refractivity contribution in [2.45, 2.75) is 62.8 Å². The summed E-state index contributed by atoms with van der Waals surface area (Å²) in [5.74, 6) is 0. The van der Waals surface area contributed by atoms with Crippen LogP contribution in [-0.2, 0) is 29.1 Å². The molecule has 0 bridgehead atoms. The standard InChI is InChI=1S/C19H23NO2S/c1-4-16-14(3)17-7-5-6-8-18(17)20-19(16)23(21,22)15-11-9-13(2)10-12-15/h9-12H,4-8H2,1-3H3. The molecule has 0 saturated heterocycles. The fourth-order valence-electron chi connectivity index (χ4n) is 3.42. The van der Waals surface area contributed by atoms with Crippen molar-refractivity contribution in [3.63, 3.8) is 0 Å². The van der Waals surface area contributed by atoms with E-state index in [4.69, 9.17) is 0 Å². The lowest BCUT2D eigenvalue weighted by atomic mass is 9.90. The second-order valence-electron chi connectivity index (χ2n) is 6.32. The van der Waals surface area contributed by atoms with Gasteiger partial charge in [-0.1, -0.05) is 24.6 Å². The van der Waals surface area contributed by atoms with Gasteiger partial charge < -0.3 is 0 Å². The molecule has 0 saturated carbocycles. The second-order valence-corrected chi connectivity index (χ2v) is 8.19. The smallest absolute Gasteiger partial charge is 0.224 e. The molecule has 0 radical (unpaired) electrons. The molecule has 1 aromatic heterocycles. The highest BCUT2D eigenvalue weighted by Gasteiger charge is 2.27. The lowest BCUT2D eigenvalue weighted by molar-refractivity contribution is 0.585. The van der Waals surface area contributed by atoms with E-state index in [1.165, 1.54) is 12.0 Å². The van der Waals surface area contributed by atoms with Crippen LogP contribution in [-0.4, -0.2) is 13.4 Å². The van der Waals surface area contributed by atoms with Gasteiger partial charge in [-0.2, -0.15) is 0 Å². The van der Waals surface area contributed by atoms with E-state index in [0.717, 1.165) is 41.6 Å². The molecule has 0 unspecified atom stereocenters. The van der Waals surface area contributed by atoms with Gasteiger partial charge >= 0.3 is 0 Å². The lowest BCUT2D eigenvalue weighted by Crippen LogP contribution is -2.16. The van der Waals surface area contributed by atoms with Gasteiger partial charge in [0.2, 0.25) is 9.84 Å². The Kier molecular flexibility index (Phi) is 4.28. The number of rotatable bonds is 3. The molecule has 122 valence electrons. The van der Waals surface area contributed by atoms with Gasteiger partial charge in [0, 0.05) is 5.69 Å². The molecule has 23 heavy (non-hydrogen) atoms. The van der Waals surface area contributed by atoms with Crippen LogP contribution < -0.4 is 0 Å². The fraction of sp³-hybridized carbons (Fsp3) is 0.421. The van der Waals surface area contributed by atoms with Crippen molar-refractivity contribution in [2.24, 2.45) is 0 Å². The summed E-state index contributed by atoms with van der Waals surface area (Å²) in [7, 11) is -3.57. The van der Waals surface area contributed by atoms with Crippen LogP contribution in [0.15, 0.2) is 34.2 Å². The maximum Gasteiger partial charge on any atom is 0.224 e. The molecule has 3 rings (SSSR count). The summed E-state index contributed by atoms with van der Waals surface area (Å²) in [6.07, 6.45) is 4.85. The molecule has 2 aromatic rings. The minimum Gasteiger partial charge on any atom is -0.240 e. The van der Waals surface area contributed by atoms with Crippen LogP contribution in [0.4, 0.5) is 0 Å². The molecule has 1 aliphatic rings. The number of hydrogen-bond donors (Lipinski definition) is 0. The molecule has 1 heterocycles. The third kappa shape index (κ3) is 2.80. The Morgan fingerprint density at radius 2 is 1.70 bits per heavy atom. The molecule has 4 heteroatoms. The van der Waals surface area contributed by atoms with Crippen LogP contribution in [0.25, 0.3) is 0 Å². The summed E-state index contributed by atoms with van der Waals surface area (Å²) in [6.45, 7) is 6.02. The minimum atomic E-state index is -3.57. The highest BCUT2D eigenvalue weighted by Crippen LogP contribution is 2.31. The molecule has 0 fully saturated rings. The van der Waals surface area contributed by atoms with Gasteiger partial charge in [-0.3, -0.25) is 0 Å². The zero-order valence-electron chi connectivity index (χ0n) is 14.0.